The minimum Gasteiger partial charge on any atom is -0.475 e. The van der Waals surface area contributed by atoms with Crippen molar-refractivity contribution in [3.8, 4) is 6.07 Å². The summed E-state index contributed by atoms with van der Waals surface area (Å²) < 4.78 is 24.3. The average molecular weight is 1570 g/mol. The Morgan fingerprint density at radius 2 is 0.793 bits per heavy atom. The highest BCUT2D eigenvalue weighted by atomic mass is 35.5. The number of carbonyl (C=O) groups is 10. The zero-order valence-electron chi connectivity index (χ0n) is 63.3. The molecule has 11 aromatic rings. The largest absolute Gasteiger partial charge is 0.475 e. The summed E-state index contributed by atoms with van der Waals surface area (Å²) in [4.78, 5) is 152. The van der Waals surface area contributed by atoms with Crippen LogP contribution in [0.3, 0.4) is 0 Å². The maximum atomic E-state index is 12.8. The molecule has 40 nitrogen and oxygen atoms in total. The van der Waals surface area contributed by atoms with Crippen molar-refractivity contribution >= 4 is 122 Å². The van der Waals surface area contributed by atoms with Crippen molar-refractivity contribution in [3.63, 3.8) is 0 Å². The number of halogens is 2. The number of esters is 2. The highest BCUT2D eigenvalue weighted by Crippen LogP contribution is 2.21. The molecule has 0 bridgehead atoms. The Hall–Kier alpha value is -14.2. The summed E-state index contributed by atoms with van der Waals surface area (Å²) in [5.41, 5.74) is 10.7. The number of imidazole rings is 8. The Kier molecular flexibility index (Phi) is 30.0. The number of carboxylic acid groups (broad SMARTS) is 1. The molecule has 10 aromatic heterocycles. The first-order valence-corrected chi connectivity index (χ1v) is 33.2. The molecule has 584 valence electrons. The number of nitrogens with one attached hydrogen (secondary N) is 6. The Labute approximate surface area is 644 Å². The van der Waals surface area contributed by atoms with Crippen molar-refractivity contribution in [2.45, 2.75) is 34.2 Å². The maximum absolute atomic E-state index is 12.8. The second-order valence-electron chi connectivity index (χ2n) is 24.0. The topological polar surface area (TPSA) is 487 Å². The number of nitrogens with zero attached hydrogens (tertiary/aromatic N) is 20. The van der Waals surface area contributed by atoms with Crippen molar-refractivity contribution in [1.29, 1.82) is 5.26 Å². The Morgan fingerprint density at radius 3 is 1.09 bits per heavy atom. The fourth-order valence-electron chi connectivity index (χ4n) is 9.73. The molecule has 0 saturated heterocycles. The number of nitrogen functional groups attached to an aromatic ring is 1. The summed E-state index contributed by atoms with van der Waals surface area (Å²) in [6.45, 7) is 8.42. The predicted molar refractivity (Wildman–Crippen MR) is 407 cm³/mol. The molecule has 42 heteroatoms. The van der Waals surface area contributed by atoms with Gasteiger partial charge in [-0.05, 0) is 55.6 Å². The lowest BCUT2D eigenvalue weighted by Gasteiger charge is -2.19. The number of benzene rings is 1. The Bertz CT molecular complexity index is 5180. The van der Waals surface area contributed by atoms with Crippen LogP contribution in [0.25, 0.3) is 0 Å². The summed E-state index contributed by atoms with van der Waals surface area (Å²) in [5.74, 6) is -3.34. The van der Waals surface area contributed by atoms with Crippen LogP contribution in [0.4, 0.5) is 40.5 Å². The van der Waals surface area contributed by atoms with Crippen molar-refractivity contribution in [2.24, 2.45) is 70.5 Å². The van der Waals surface area contributed by atoms with E-state index < -0.39 is 58.6 Å². The van der Waals surface area contributed by atoms with Crippen molar-refractivity contribution in [1.82, 2.24) is 90.4 Å². The second kappa shape index (κ2) is 38.9. The molecule has 0 aliphatic rings. The zero-order valence-corrected chi connectivity index (χ0v) is 64.8. The lowest BCUT2D eigenvalue weighted by molar-refractivity contribution is 0.0581. The average Bonchev–Trinajstić information content (AvgIpc) is 1.74. The van der Waals surface area contributed by atoms with Gasteiger partial charge in [0.05, 0.1) is 31.7 Å². The van der Waals surface area contributed by atoms with Gasteiger partial charge in [-0.15, -0.1) is 0 Å². The molecule has 11 rings (SSSR count). The van der Waals surface area contributed by atoms with Crippen LogP contribution in [0.2, 0.25) is 0 Å². The van der Waals surface area contributed by atoms with E-state index in [9.17, 15) is 47.9 Å². The van der Waals surface area contributed by atoms with Crippen LogP contribution in [0.15, 0.2) is 128 Å². The minimum absolute atomic E-state index is 0.00594. The molecule has 0 aliphatic carbocycles. The third kappa shape index (κ3) is 23.4. The number of hydrogen-bond donors (Lipinski definition) is 8. The Balaban J connectivity index is 0.000000224. The number of anilines is 7. The van der Waals surface area contributed by atoms with E-state index in [4.69, 9.17) is 44.0 Å². The van der Waals surface area contributed by atoms with Gasteiger partial charge in [-0.1, -0.05) is 41.4 Å². The normalized spacial score (nSPS) is 10.2. The van der Waals surface area contributed by atoms with E-state index in [1.165, 1.54) is 122 Å². The number of allylic oxidation sites excluding steroid dienone is 1. The molecule has 1 aromatic carbocycles. The summed E-state index contributed by atoms with van der Waals surface area (Å²) in [5, 5.41) is 31.8. The van der Waals surface area contributed by atoms with Gasteiger partial charge < -0.3 is 103 Å². The number of ether oxygens (including phenoxy) is 2. The number of aromatic carboxylic acids is 1. The molecule has 0 spiro atoms. The van der Waals surface area contributed by atoms with Gasteiger partial charge in [0.2, 0.25) is 23.3 Å². The van der Waals surface area contributed by atoms with Gasteiger partial charge in [0, 0.05) is 172 Å². The molecular weight excluding hydrogens is 1490 g/mol. The third-order valence-corrected chi connectivity index (χ3v) is 15.9. The molecular formula is C69H81Cl2N27O13. The first kappa shape index (κ1) is 85.7. The summed E-state index contributed by atoms with van der Waals surface area (Å²) >= 11 is 11.5. The quantitative estimate of drug-likeness (QED) is 0.0244. The van der Waals surface area contributed by atoms with Crippen LogP contribution < -0.4 is 37.6 Å². The lowest BCUT2D eigenvalue weighted by Crippen LogP contribution is -2.18. The molecule has 6 amide bonds. The molecule has 0 radical (unpaired) electrons. The lowest BCUT2D eigenvalue weighted by atomic mass is 10.1. The van der Waals surface area contributed by atoms with Gasteiger partial charge in [0.1, 0.15) is 22.4 Å². The molecule has 0 saturated carbocycles. The van der Waals surface area contributed by atoms with Crippen molar-refractivity contribution in [3.05, 3.63) is 197 Å². The van der Waals surface area contributed by atoms with Gasteiger partial charge in [0.25, 0.3) is 40.7 Å². The van der Waals surface area contributed by atoms with Crippen LogP contribution in [0.5, 0.6) is 0 Å². The van der Waals surface area contributed by atoms with Crippen LogP contribution in [0, 0.1) is 18.3 Å². The molecule has 0 fully saturated rings. The number of carboxylic acids is 1. The number of carbonyl (C=O) groups excluding carboxylic acids is 9. The molecule has 111 heavy (non-hydrogen) atoms. The first-order chi connectivity index (χ1) is 52.4. The van der Waals surface area contributed by atoms with Gasteiger partial charge in [-0.25, -0.2) is 54.3 Å². The van der Waals surface area contributed by atoms with E-state index in [1.807, 2.05) is 20.9 Å². The highest BCUT2D eigenvalue weighted by Gasteiger charge is 2.24. The fraction of sp³-hybridized carbons (Fsp3) is 0.261. The predicted octanol–water partition coefficient (Wildman–Crippen LogP) is 6.48. The van der Waals surface area contributed by atoms with Crippen LogP contribution in [-0.2, 0) is 86.5 Å². The number of hydrogen-bond acceptors (Lipinski definition) is 23. The van der Waals surface area contributed by atoms with E-state index in [1.54, 1.807) is 125 Å². The van der Waals surface area contributed by atoms with Crippen molar-refractivity contribution in [2.75, 3.05) is 58.9 Å². The molecule has 10 heterocycles. The number of rotatable bonds is 19. The standard InChI is InChI=1S/C22H24N10O5.C13H18ClN.C12H15N5O3.C10H10ClN5O2.C10H11N5O3.C2H3N/c1-29-7-6-23-16(29)19(33)27-14-10-32(4)18(26-14)21(35)28-15-11-31(3)17(25-15)20(34)24-12-8-13(22(36)37-5)30(2)9-12;1-10(2)13(14)15(4)9-12-7-5-11(3)6-8-12;1-16-5-7(4-8(16)12(19)20-3)14-11(18)10-15-9(13)6-17(10)2;1-15-4-3-12-9(15)10(18)14-6-5-16(2)8(13-6)7(11)17;1-14-4-3-11-7(14)9(16)13-6-5-15(2)8(12-6)10(17)18;1-2-3/h6-11H,1-5H3,(H,24,34)(H,27,33)(H,28,35);5-8H,9H2,1-4H3;4-6H,13H2,1-3H3,(H,14,18);3-5H,1-2H3,(H,14,18);3-5H,1-2H3,(H,13,16)(H,17,18);1H3. The number of nitriles is 1. The second-order valence-corrected chi connectivity index (χ2v) is 24.7. The minimum atomic E-state index is -1.16. The van der Waals surface area contributed by atoms with Gasteiger partial charge >= 0.3 is 17.9 Å². The summed E-state index contributed by atoms with van der Waals surface area (Å²) in [6, 6.07) is 13.3. The van der Waals surface area contributed by atoms with Crippen LogP contribution in [-0.4, -0.2) is 175 Å². The van der Waals surface area contributed by atoms with Gasteiger partial charge in [0.15, 0.2) is 46.6 Å². The number of nitrogens with two attached hydrogens (primary N) is 1. The van der Waals surface area contributed by atoms with Crippen LogP contribution in [0.1, 0.15) is 138 Å². The first-order valence-electron chi connectivity index (χ1n) is 32.4. The molecule has 9 N–H and O–H groups in total. The number of amides is 6. The van der Waals surface area contributed by atoms with E-state index >= 15 is 0 Å². The van der Waals surface area contributed by atoms with E-state index in [-0.39, 0.29) is 81.4 Å². The van der Waals surface area contributed by atoms with Crippen LogP contribution >= 0.6 is 23.2 Å². The SMILES string of the molecule is CC#N.CC(C)=C(Cl)N(C)Cc1ccc(C)cc1.COC(=O)c1cc(NC(=O)c2nc(N)cn2C)cn1C.COC(=O)c1cc(NC(=O)c2nc(NC(=O)c3nc(NC(=O)c4nccn4C)cn3C)cn2C)cn1C.Cn1cc(NC(=O)c2nccn2C)nc1C(=O)Cl.Cn1cc(NC(=O)c2nccn2C)nc1C(=O)O. The van der Waals surface area contributed by atoms with E-state index in [0.29, 0.717) is 17.1 Å². The molecule has 0 atom stereocenters. The number of methoxy groups -OCH3 is 2. The number of aryl methyl sites for hydroxylation is 11. The molecule has 0 unspecified atom stereocenters. The van der Waals surface area contributed by atoms with Gasteiger partial charge in [-0.3, -0.25) is 33.6 Å². The van der Waals surface area contributed by atoms with E-state index in [2.05, 4.69) is 113 Å². The zero-order chi connectivity index (χ0) is 82.4. The highest BCUT2D eigenvalue weighted by molar-refractivity contribution is 6.67. The Morgan fingerprint density at radius 1 is 0.477 bits per heavy atom. The maximum Gasteiger partial charge on any atom is 0.372 e. The third-order valence-electron chi connectivity index (χ3n) is 15.0. The summed E-state index contributed by atoms with van der Waals surface area (Å²) in [6.07, 6.45) is 20.0. The van der Waals surface area contributed by atoms with E-state index in [0.717, 1.165) is 17.3 Å². The summed E-state index contributed by atoms with van der Waals surface area (Å²) in [7, 11) is 21.0. The number of aromatic nitrogens is 18. The van der Waals surface area contributed by atoms with Crippen molar-refractivity contribution < 1.29 is 62.5 Å². The fourth-order valence-corrected chi connectivity index (χ4v) is 9.96. The smallest absolute Gasteiger partial charge is 0.372 e. The monoisotopic (exact) mass is 1570 g/mol. The molecule has 0 aliphatic heterocycles. The van der Waals surface area contributed by atoms with Gasteiger partial charge in [-0.2, -0.15) is 5.26 Å².